The fraction of sp³-hybridized carbons (Fsp3) is 0.0233. The number of benzene rings is 7. The number of para-hydroxylation sites is 4. The normalized spacial score (nSPS) is 13.0. The van der Waals surface area contributed by atoms with E-state index in [0.717, 1.165) is 99.9 Å². The molecule has 4 nitrogen and oxygen atoms in total. The first-order valence-electron chi connectivity index (χ1n) is 16.4. The van der Waals surface area contributed by atoms with Crippen molar-refractivity contribution in [2.45, 2.75) is 6.92 Å². The van der Waals surface area contributed by atoms with Crippen molar-refractivity contribution in [1.29, 1.82) is 0 Å². The Morgan fingerprint density at radius 3 is 1.96 bits per heavy atom. The van der Waals surface area contributed by atoms with Gasteiger partial charge in [-0.2, -0.15) is 0 Å². The van der Waals surface area contributed by atoms with Crippen molar-refractivity contribution >= 4 is 66.8 Å². The quantitative estimate of drug-likeness (QED) is 0.182. The molecule has 2 aliphatic rings. The summed E-state index contributed by atoms with van der Waals surface area (Å²) in [5.74, 6) is 3.46. The van der Waals surface area contributed by atoms with Gasteiger partial charge in [-0.15, -0.1) is 0 Å². The molecule has 0 saturated carbocycles. The molecule has 0 atom stereocenters. The minimum Gasteiger partial charge on any atom is -0.458 e. The van der Waals surface area contributed by atoms with Crippen molar-refractivity contribution in [3.8, 4) is 39.8 Å². The summed E-state index contributed by atoms with van der Waals surface area (Å²) in [7, 11) is 0. The number of ether oxygens (including phenoxy) is 2. The van der Waals surface area contributed by atoms with Crippen molar-refractivity contribution in [3.05, 3.63) is 145 Å². The first kappa shape index (κ1) is 25.9. The van der Waals surface area contributed by atoms with Crippen LogP contribution in [0.15, 0.2) is 144 Å². The summed E-state index contributed by atoms with van der Waals surface area (Å²) in [5.41, 5.74) is 11.9. The Balaban J connectivity index is 1.20. The molecule has 0 radical (unpaired) electrons. The maximum atomic E-state index is 6.65. The molecule has 0 aliphatic carbocycles. The second-order valence-electron chi connectivity index (χ2n) is 12.9. The van der Waals surface area contributed by atoms with Gasteiger partial charge in [0.25, 0.3) is 6.71 Å². The molecule has 48 heavy (non-hydrogen) atoms. The molecule has 11 rings (SSSR count). The molecule has 2 aliphatic heterocycles. The predicted molar refractivity (Wildman–Crippen MR) is 196 cm³/mol. The molecule has 0 spiro atoms. The number of fused-ring (bicyclic) bond motifs is 11. The Labute approximate surface area is 276 Å². The lowest BCUT2D eigenvalue weighted by Gasteiger charge is -2.33. The molecule has 0 N–H and O–H groups in total. The molecule has 2 aromatic heterocycles. The number of nitrogens with zero attached hydrogens (tertiary/aromatic N) is 1. The Hall–Kier alpha value is -6.20. The Morgan fingerprint density at radius 1 is 0.542 bits per heavy atom. The smallest absolute Gasteiger partial charge is 0.260 e. The van der Waals surface area contributed by atoms with Gasteiger partial charge in [0.2, 0.25) is 0 Å². The van der Waals surface area contributed by atoms with Crippen molar-refractivity contribution in [3.63, 3.8) is 0 Å². The second kappa shape index (κ2) is 9.43. The summed E-state index contributed by atoms with van der Waals surface area (Å²) in [4.78, 5) is 0. The lowest BCUT2D eigenvalue weighted by atomic mass is 9.35. The van der Waals surface area contributed by atoms with Crippen molar-refractivity contribution in [1.82, 2.24) is 4.57 Å². The van der Waals surface area contributed by atoms with E-state index in [4.69, 9.17) is 13.9 Å². The van der Waals surface area contributed by atoms with Crippen LogP contribution >= 0.6 is 0 Å². The van der Waals surface area contributed by atoms with Crippen LogP contribution < -0.4 is 25.9 Å². The Morgan fingerprint density at radius 2 is 1.21 bits per heavy atom. The van der Waals surface area contributed by atoms with Gasteiger partial charge < -0.3 is 18.5 Å². The fourth-order valence-electron chi connectivity index (χ4n) is 8.15. The third-order valence-electron chi connectivity index (χ3n) is 10.2. The molecule has 4 heterocycles. The van der Waals surface area contributed by atoms with E-state index in [0.29, 0.717) is 0 Å². The number of hydrogen-bond acceptors (Lipinski definition) is 3. The minimum absolute atomic E-state index is 0.0488. The van der Waals surface area contributed by atoms with Gasteiger partial charge in [-0.1, -0.05) is 72.8 Å². The third-order valence-corrected chi connectivity index (χ3v) is 10.2. The summed E-state index contributed by atoms with van der Waals surface area (Å²) in [6, 6.07) is 49.1. The highest BCUT2D eigenvalue weighted by Gasteiger charge is 2.40. The van der Waals surface area contributed by atoms with Crippen LogP contribution in [0.25, 0.3) is 60.6 Å². The third kappa shape index (κ3) is 3.45. The van der Waals surface area contributed by atoms with E-state index in [-0.39, 0.29) is 6.71 Å². The Kier molecular flexibility index (Phi) is 5.09. The van der Waals surface area contributed by atoms with E-state index in [2.05, 4.69) is 133 Å². The summed E-state index contributed by atoms with van der Waals surface area (Å²) >= 11 is 0. The molecule has 224 valence electrons. The summed E-state index contributed by atoms with van der Waals surface area (Å²) in [6.07, 6.45) is 0. The summed E-state index contributed by atoms with van der Waals surface area (Å²) < 4.78 is 22.3. The van der Waals surface area contributed by atoms with E-state index >= 15 is 0 Å². The number of rotatable bonds is 2. The van der Waals surface area contributed by atoms with Gasteiger partial charge in [0.05, 0.1) is 16.4 Å². The van der Waals surface area contributed by atoms with Crippen LogP contribution in [0.5, 0.6) is 23.0 Å². The van der Waals surface area contributed by atoms with Crippen LogP contribution in [0.1, 0.15) is 5.56 Å². The van der Waals surface area contributed by atoms with Gasteiger partial charge in [0.15, 0.2) is 0 Å². The fourth-order valence-corrected chi connectivity index (χ4v) is 8.15. The zero-order chi connectivity index (χ0) is 31.5. The first-order chi connectivity index (χ1) is 23.7. The standard InChI is InChI=1S/C43H26BNO3/c1-25-21-35-31(41-34(45(35)27-11-3-2-4-12-27)20-19-29-28-13-5-8-16-36(28)48-43(29)41)24-30(25)26-22-39-42-40(23-26)47-38-18-10-7-15-33(38)44(42)32-14-6-9-17-37(32)46-39/h2-24H,1H3. The molecule has 9 aromatic rings. The van der Waals surface area contributed by atoms with Crippen LogP contribution in [0.4, 0.5) is 0 Å². The number of hydrogen-bond donors (Lipinski definition) is 0. The van der Waals surface area contributed by atoms with Crippen LogP contribution in [0.2, 0.25) is 0 Å². The first-order valence-corrected chi connectivity index (χ1v) is 16.4. The van der Waals surface area contributed by atoms with Crippen molar-refractivity contribution in [2.75, 3.05) is 0 Å². The highest BCUT2D eigenvalue weighted by molar-refractivity contribution is 6.98. The molecular formula is C43H26BNO3. The molecule has 0 amide bonds. The van der Waals surface area contributed by atoms with E-state index in [1.165, 1.54) is 5.56 Å². The molecule has 7 aromatic carbocycles. The lowest BCUT2D eigenvalue weighted by Crippen LogP contribution is -2.57. The summed E-state index contributed by atoms with van der Waals surface area (Å²) in [5, 5.41) is 4.50. The van der Waals surface area contributed by atoms with E-state index in [1.807, 2.05) is 18.2 Å². The largest absolute Gasteiger partial charge is 0.458 e. The van der Waals surface area contributed by atoms with Gasteiger partial charge in [-0.05, 0) is 101 Å². The molecule has 0 unspecified atom stereocenters. The number of furan rings is 1. The zero-order valence-electron chi connectivity index (χ0n) is 26.0. The van der Waals surface area contributed by atoms with Crippen molar-refractivity contribution in [2.24, 2.45) is 0 Å². The predicted octanol–water partition coefficient (Wildman–Crippen LogP) is 9.39. The topological polar surface area (TPSA) is 36.5 Å². The van der Waals surface area contributed by atoms with Gasteiger partial charge >= 0.3 is 0 Å². The average Bonchev–Trinajstić information content (AvgIpc) is 3.66. The molecule has 5 heteroatoms. The van der Waals surface area contributed by atoms with Gasteiger partial charge in [-0.25, -0.2) is 0 Å². The Bertz CT molecular complexity index is 2740. The van der Waals surface area contributed by atoms with Gasteiger partial charge in [0, 0.05) is 27.3 Å². The second-order valence-corrected chi connectivity index (χ2v) is 12.9. The monoisotopic (exact) mass is 615 g/mol. The van der Waals surface area contributed by atoms with Crippen LogP contribution in [-0.2, 0) is 0 Å². The number of aromatic nitrogens is 1. The maximum absolute atomic E-state index is 6.65. The molecular weight excluding hydrogens is 589 g/mol. The molecule has 0 fully saturated rings. The van der Waals surface area contributed by atoms with Gasteiger partial charge in [0.1, 0.15) is 34.2 Å². The molecule has 0 saturated heterocycles. The van der Waals surface area contributed by atoms with Crippen LogP contribution in [0.3, 0.4) is 0 Å². The highest BCUT2D eigenvalue weighted by Crippen LogP contribution is 2.44. The van der Waals surface area contributed by atoms with Crippen LogP contribution in [0, 0.1) is 6.92 Å². The highest BCUT2D eigenvalue weighted by atomic mass is 16.5. The molecule has 0 bridgehead atoms. The minimum atomic E-state index is 0.0488. The van der Waals surface area contributed by atoms with E-state index in [1.54, 1.807) is 0 Å². The van der Waals surface area contributed by atoms with Crippen LogP contribution in [-0.4, -0.2) is 11.3 Å². The lowest BCUT2D eigenvalue weighted by molar-refractivity contribution is 0.465. The summed E-state index contributed by atoms with van der Waals surface area (Å²) in [6.45, 7) is 2.24. The van der Waals surface area contributed by atoms with E-state index in [9.17, 15) is 0 Å². The SMILES string of the molecule is Cc1cc2c(cc1-c1cc3c4c(c1)Oc1ccccc1B4c1ccccc1O3)c1c3oc4ccccc4c3ccc1n2-c1ccccc1. The van der Waals surface area contributed by atoms with E-state index < -0.39 is 0 Å². The average molecular weight is 615 g/mol. The van der Waals surface area contributed by atoms with Crippen molar-refractivity contribution < 1.29 is 13.9 Å². The maximum Gasteiger partial charge on any atom is 0.260 e. The zero-order valence-corrected chi connectivity index (χ0v) is 26.0. The number of aryl methyl sites for hydroxylation is 1. The van der Waals surface area contributed by atoms with Gasteiger partial charge in [-0.3, -0.25) is 0 Å².